The highest BCUT2D eigenvalue weighted by atomic mass is 35.5. The SMILES string of the molecule is Cc1ccc(C(=O)Nc2ccc(Nc3nc(N4CCCCC4)nc(N4CCCCC4)n3)cc2Cl)c(=O)[nH]1.Cl.N.N.N.N.[HH].[HH].[HH].[HH]. The average Bonchev–Trinajstić information content (AvgIpc) is 2.91. The van der Waals surface area contributed by atoms with Crippen molar-refractivity contribution >= 4 is 59.1 Å². The van der Waals surface area contributed by atoms with Crippen LogP contribution in [0.5, 0.6) is 0 Å². The Morgan fingerprint density at radius 1 is 0.857 bits per heavy atom. The number of carbonyl (C=O) groups is 1. The molecule has 3 aromatic rings. The first-order valence-corrected chi connectivity index (χ1v) is 13.2. The number of aryl methyl sites for hydroxylation is 1. The number of aromatic amines is 1. The van der Waals surface area contributed by atoms with Gasteiger partial charge in [0, 0.05) is 43.3 Å². The van der Waals surface area contributed by atoms with Crippen molar-refractivity contribution in [2.75, 3.05) is 46.6 Å². The van der Waals surface area contributed by atoms with Crippen molar-refractivity contribution in [1.82, 2.24) is 44.5 Å². The van der Waals surface area contributed by atoms with Gasteiger partial charge in [-0.05, 0) is 75.8 Å². The van der Waals surface area contributed by atoms with Gasteiger partial charge < -0.3 is 50.0 Å². The second-order valence-electron chi connectivity index (χ2n) is 9.51. The lowest BCUT2D eigenvalue weighted by Gasteiger charge is -2.30. The number of benzene rings is 1. The van der Waals surface area contributed by atoms with E-state index < -0.39 is 11.5 Å². The smallest absolute Gasteiger partial charge is 0.261 e. The van der Waals surface area contributed by atoms with Gasteiger partial charge in [0.25, 0.3) is 11.5 Å². The molecule has 15 N–H and O–H groups in total. The molecule has 2 aliphatic heterocycles. The number of halogens is 2. The van der Waals surface area contributed by atoms with Gasteiger partial charge in [0.05, 0.1) is 10.7 Å². The van der Waals surface area contributed by atoms with Crippen molar-refractivity contribution < 1.29 is 10.5 Å². The van der Waals surface area contributed by atoms with E-state index in [0.717, 1.165) is 51.9 Å². The molecule has 0 radical (unpaired) electrons. The molecule has 14 nitrogen and oxygen atoms in total. The van der Waals surface area contributed by atoms with Gasteiger partial charge in [-0.2, -0.15) is 15.0 Å². The molecule has 2 aliphatic rings. The lowest BCUT2D eigenvalue weighted by atomic mass is 10.1. The van der Waals surface area contributed by atoms with Crippen LogP contribution < -0.4 is 50.6 Å². The molecular formula is C26H52Cl2N12O2. The fourth-order valence-corrected chi connectivity index (χ4v) is 4.87. The molecule has 2 fully saturated rings. The lowest BCUT2D eigenvalue weighted by molar-refractivity contribution is 0.102. The number of aromatic nitrogens is 4. The standard InChI is InChI=1S/C26H31ClN8O2.ClH.4H3N.4H2/c1-17-8-10-19(22(36)28-17)23(37)30-21-11-9-18(16-20(21)27)29-24-31-25(34-12-4-2-5-13-34)33-26(32-24)35-14-6-3-7-15-35;;;;;;;;;/h8-11,16H,2-7,12-15H2,1H3,(H,28,36)(H,30,37)(H,29,31,32,33);1H;4*1H3;4*1H. The average molecular weight is 636 g/mol. The van der Waals surface area contributed by atoms with Gasteiger partial charge in [-0.15, -0.1) is 12.4 Å². The first-order chi connectivity index (χ1) is 18.0. The Morgan fingerprint density at radius 3 is 1.90 bits per heavy atom. The van der Waals surface area contributed by atoms with Gasteiger partial charge in [-0.25, -0.2) is 0 Å². The summed E-state index contributed by atoms with van der Waals surface area (Å²) < 4.78 is 0. The summed E-state index contributed by atoms with van der Waals surface area (Å²) in [5, 5.41) is 6.30. The number of hydrogen-bond donors (Lipinski definition) is 7. The second kappa shape index (κ2) is 17.4. The number of amides is 1. The normalized spacial score (nSPS) is 14.0. The van der Waals surface area contributed by atoms with E-state index in [1.54, 1.807) is 31.2 Å². The van der Waals surface area contributed by atoms with Crippen molar-refractivity contribution in [3.05, 3.63) is 57.0 Å². The van der Waals surface area contributed by atoms with E-state index in [9.17, 15) is 9.59 Å². The van der Waals surface area contributed by atoms with Crippen LogP contribution in [0.3, 0.4) is 0 Å². The maximum absolute atomic E-state index is 12.6. The fourth-order valence-electron chi connectivity index (χ4n) is 4.64. The lowest BCUT2D eigenvalue weighted by Crippen LogP contribution is -2.34. The molecule has 16 heteroatoms. The molecule has 242 valence electrons. The monoisotopic (exact) mass is 634 g/mol. The zero-order valence-corrected chi connectivity index (χ0v) is 25.7. The number of pyridine rings is 1. The molecule has 0 atom stereocenters. The molecule has 5 rings (SSSR count). The molecule has 0 saturated carbocycles. The number of piperidine rings is 2. The molecule has 0 unspecified atom stereocenters. The molecule has 2 aromatic heterocycles. The van der Waals surface area contributed by atoms with Gasteiger partial charge in [0.15, 0.2) is 0 Å². The van der Waals surface area contributed by atoms with Gasteiger partial charge in [-0.3, -0.25) is 9.59 Å². The number of nitrogens with zero attached hydrogens (tertiary/aromatic N) is 5. The zero-order valence-electron chi connectivity index (χ0n) is 24.1. The Balaban J connectivity index is -0.000000623. The highest BCUT2D eigenvalue weighted by Crippen LogP contribution is 2.29. The number of hydrogen-bond acceptors (Lipinski definition) is 12. The van der Waals surface area contributed by atoms with Crippen LogP contribution in [-0.4, -0.2) is 52.0 Å². The summed E-state index contributed by atoms with van der Waals surface area (Å²) in [5.74, 6) is 1.31. The highest BCUT2D eigenvalue weighted by molar-refractivity contribution is 6.34. The maximum Gasteiger partial charge on any atom is 0.261 e. The Hall–Kier alpha value is -3.53. The summed E-state index contributed by atoms with van der Waals surface area (Å²) in [7, 11) is 0. The molecule has 1 aromatic carbocycles. The minimum Gasteiger partial charge on any atom is -0.344 e. The summed E-state index contributed by atoms with van der Waals surface area (Å²) in [6, 6.07) is 8.33. The van der Waals surface area contributed by atoms with E-state index in [1.807, 2.05) is 0 Å². The number of carbonyl (C=O) groups excluding carboxylic acids is 1. The predicted molar refractivity (Wildman–Crippen MR) is 182 cm³/mol. The number of anilines is 5. The summed E-state index contributed by atoms with van der Waals surface area (Å²) in [5.41, 5.74) is 1.33. The van der Waals surface area contributed by atoms with Crippen LogP contribution in [0.15, 0.2) is 35.1 Å². The van der Waals surface area contributed by atoms with E-state index in [-0.39, 0.29) is 48.3 Å². The van der Waals surface area contributed by atoms with Crippen LogP contribution in [0.4, 0.5) is 29.2 Å². The molecule has 1 amide bonds. The van der Waals surface area contributed by atoms with Crippen molar-refractivity contribution in [2.24, 2.45) is 0 Å². The van der Waals surface area contributed by atoms with Crippen molar-refractivity contribution in [1.29, 1.82) is 0 Å². The third-order valence-electron chi connectivity index (χ3n) is 6.66. The van der Waals surface area contributed by atoms with E-state index >= 15 is 0 Å². The minimum absolute atomic E-state index is 0. The van der Waals surface area contributed by atoms with Crippen LogP contribution in [-0.2, 0) is 0 Å². The van der Waals surface area contributed by atoms with Crippen LogP contribution in [0.25, 0.3) is 0 Å². The highest BCUT2D eigenvalue weighted by Gasteiger charge is 2.21. The van der Waals surface area contributed by atoms with E-state index in [0.29, 0.717) is 39.9 Å². The Morgan fingerprint density at radius 2 is 1.40 bits per heavy atom. The first kappa shape index (κ1) is 38.5. The predicted octanol–water partition coefficient (Wildman–Crippen LogP) is 6.55. The van der Waals surface area contributed by atoms with E-state index in [4.69, 9.17) is 26.6 Å². The van der Waals surface area contributed by atoms with E-state index in [1.165, 1.54) is 18.9 Å². The first-order valence-electron chi connectivity index (χ1n) is 12.8. The molecule has 0 spiro atoms. The van der Waals surface area contributed by atoms with Crippen LogP contribution in [0.2, 0.25) is 5.02 Å². The summed E-state index contributed by atoms with van der Waals surface area (Å²) >= 11 is 6.49. The molecule has 2 saturated heterocycles. The van der Waals surface area contributed by atoms with E-state index in [2.05, 4.69) is 25.4 Å². The van der Waals surface area contributed by atoms with Crippen LogP contribution in [0.1, 0.15) is 60.3 Å². The molecule has 0 aliphatic carbocycles. The summed E-state index contributed by atoms with van der Waals surface area (Å²) in [6.45, 7) is 5.50. The Bertz CT molecular complexity index is 1330. The van der Waals surface area contributed by atoms with Crippen molar-refractivity contribution in [3.8, 4) is 0 Å². The largest absolute Gasteiger partial charge is 0.344 e. The third kappa shape index (κ3) is 9.24. The van der Waals surface area contributed by atoms with Crippen LogP contribution in [0, 0.1) is 6.92 Å². The Labute approximate surface area is 263 Å². The zero-order chi connectivity index (χ0) is 25.8. The third-order valence-corrected chi connectivity index (χ3v) is 6.98. The number of H-pyrrole nitrogens is 1. The van der Waals surface area contributed by atoms with Gasteiger partial charge >= 0.3 is 0 Å². The molecule has 0 bridgehead atoms. The summed E-state index contributed by atoms with van der Waals surface area (Å²) in [6.07, 6.45) is 6.97. The van der Waals surface area contributed by atoms with Crippen LogP contribution >= 0.6 is 24.0 Å². The fraction of sp³-hybridized carbons (Fsp3) is 0.423. The topological polar surface area (TPSA) is 259 Å². The van der Waals surface area contributed by atoms with Crippen molar-refractivity contribution in [2.45, 2.75) is 45.4 Å². The minimum atomic E-state index is -0.529. The number of rotatable bonds is 6. The molecular weight excluding hydrogens is 583 g/mol. The summed E-state index contributed by atoms with van der Waals surface area (Å²) in [4.78, 5) is 46.1. The van der Waals surface area contributed by atoms with Crippen molar-refractivity contribution in [3.63, 3.8) is 0 Å². The second-order valence-corrected chi connectivity index (χ2v) is 9.92. The quantitative estimate of drug-likeness (QED) is 0.152. The number of nitrogens with one attached hydrogen (secondary N) is 3. The maximum atomic E-state index is 12.6. The Kier molecular flexibility index (Phi) is 16.0. The van der Waals surface area contributed by atoms with Gasteiger partial charge in [0.1, 0.15) is 5.56 Å². The van der Waals surface area contributed by atoms with Gasteiger partial charge in [-0.1, -0.05) is 11.6 Å². The van der Waals surface area contributed by atoms with Gasteiger partial charge in [0.2, 0.25) is 17.8 Å². The molecule has 42 heavy (non-hydrogen) atoms. The molecule has 4 heterocycles.